The molecule has 2 N–H and O–H groups in total. The SMILES string of the molecule is COc1ccccc1C(=O)NC1CCN(C(=O)[C@H]2CC[C@@](C(=O)N[C@@H](C(=O)OC(C)(C)C)c3ccccc3)(c3ccccc3)c3ccccc32)CC1.S. The van der Waals surface area contributed by atoms with Crippen LogP contribution in [0.2, 0.25) is 0 Å². The number of hydrogen-bond donors (Lipinski definition) is 2. The van der Waals surface area contributed by atoms with E-state index in [0.717, 1.165) is 16.7 Å². The molecule has 278 valence electrons. The van der Waals surface area contributed by atoms with Gasteiger partial charge in [0.25, 0.3) is 5.91 Å². The fourth-order valence-corrected chi connectivity index (χ4v) is 7.59. The summed E-state index contributed by atoms with van der Waals surface area (Å²) in [4.78, 5) is 57.8. The summed E-state index contributed by atoms with van der Waals surface area (Å²) in [6.45, 7) is 6.42. The molecule has 1 aliphatic carbocycles. The van der Waals surface area contributed by atoms with Crippen molar-refractivity contribution in [1.29, 1.82) is 0 Å². The lowest BCUT2D eigenvalue weighted by atomic mass is 9.62. The summed E-state index contributed by atoms with van der Waals surface area (Å²) in [6, 6.07) is 32.4. The Labute approximate surface area is 318 Å². The average Bonchev–Trinajstić information content (AvgIpc) is 3.16. The predicted molar refractivity (Wildman–Crippen MR) is 209 cm³/mol. The standard InChI is InChI=1S/C43H47N3O6.H2S/c1-42(2,3)52-40(49)37(29-15-7-5-8-16-29)45-41(50)43(30-17-9-6-10-18-30)26-23-33(32-19-11-13-21-35(32)43)39(48)46-27-24-31(25-28-46)44-38(47)34-20-12-14-22-36(34)51-4;/h5-22,31,33,37H,23-28H2,1-4H3,(H,44,47)(H,45,50);1H2/t33-,37+,43+;/m0./s1. The zero-order chi connectivity index (χ0) is 36.9. The van der Waals surface area contributed by atoms with E-state index in [0.29, 0.717) is 55.6 Å². The molecule has 0 bridgehead atoms. The molecule has 4 aromatic rings. The maximum Gasteiger partial charge on any atom is 0.333 e. The second-order valence-corrected chi connectivity index (χ2v) is 14.6. The van der Waals surface area contributed by atoms with E-state index in [1.165, 1.54) is 0 Å². The molecule has 0 radical (unpaired) electrons. The van der Waals surface area contributed by atoms with Crippen molar-refractivity contribution in [3.63, 3.8) is 0 Å². The summed E-state index contributed by atoms with van der Waals surface area (Å²) in [5.41, 5.74) is 1.51. The number of amides is 3. The lowest BCUT2D eigenvalue weighted by Gasteiger charge is -2.43. The third-order valence-electron chi connectivity index (χ3n) is 10.1. The molecule has 10 heteroatoms. The van der Waals surface area contributed by atoms with Gasteiger partial charge in [0.05, 0.1) is 24.0 Å². The number of ether oxygens (including phenoxy) is 2. The van der Waals surface area contributed by atoms with Crippen LogP contribution in [-0.4, -0.2) is 60.4 Å². The van der Waals surface area contributed by atoms with Gasteiger partial charge in [-0.25, -0.2) is 4.79 Å². The molecular weight excluding hydrogens is 687 g/mol. The second kappa shape index (κ2) is 16.7. The first kappa shape index (κ1) is 39.1. The van der Waals surface area contributed by atoms with Gasteiger partial charge in [0.2, 0.25) is 11.8 Å². The molecule has 3 atom stereocenters. The van der Waals surface area contributed by atoms with Crippen molar-refractivity contribution < 1.29 is 28.7 Å². The fourth-order valence-electron chi connectivity index (χ4n) is 7.59. The first-order chi connectivity index (χ1) is 25.0. The molecule has 4 aromatic carbocycles. The summed E-state index contributed by atoms with van der Waals surface area (Å²) in [5.74, 6) is -0.987. The Morgan fingerprint density at radius 3 is 2.06 bits per heavy atom. The van der Waals surface area contributed by atoms with E-state index in [2.05, 4.69) is 10.6 Å². The highest BCUT2D eigenvalue weighted by Gasteiger charge is 2.50. The largest absolute Gasteiger partial charge is 0.496 e. The van der Waals surface area contributed by atoms with Gasteiger partial charge in [-0.1, -0.05) is 97.1 Å². The first-order valence-corrected chi connectivity index (χ1v) is 18.0. The Morgan fingerprint density at radius 2 is 1.40 bits per heavy atom. The van der Waals surface area contributed by atoms with Gasteiger partial charge in [0, 0.05) is 19.1 Å². The number of nitrogens with zero attached hydrogens (tertiary/aromatic N) is 1. The van der Waals surface area contributed by atoms with Crippen molar-refractivity contribution in [2.24, 2.45) is 0 Å². The maximum absolute atomic E-state index is 14.9. The number of benzene rings is 4. The fraction of sp³-hybridized carbons (Fsp3) is 0.349. The molecule has 1 fully saturated rings. The van der Waals surface area contributed by atoms with Crippen molar-refractivity contribution in [2.45, 2.75) is 75.5 Å². The zero-order valence-corrected chi connectivity index (χ0v) is 31.8. The number of nitrogens with one attached hydrogen (secondary N) is 2. The van der Waals surface area contributed by atoms with Gasteiger partial charge in [-0.15, -0.1) is 0 Å². The highest BCUT2D eigenvalue weighted by Crippen LogP contribution is 2.48. The number of likely N-dealkylation sites (tertiary alicyclic amines) is 1. The van der Waals surface area contributed by atoms with Crippen LogP contribution in [0.15, 0.2) is 109 Å². The number of methoxy groups -OCH3 is 1. The van der Waals surface area contributed by atoms with E-state index in [-0.39, 0.29) is 37.3 Å². The predicted octanol–water partition coefficient (Wildman–Crippen LogP) is 6.59. The van der Waals surface area contributed by atoms with Gasteiger partial charge >= 0.3 is 5.97 Å². The Hall–Kier alpha value is -5.09. The van der Waals surface area contributed by atoms with Crippen LogP contribution in [-0.2, 0) is 24.5 Å². The van der Waals surface area contributed by atoms with E-state index in [1.807, 2.05) is 83.8 Å². The quantitative estimate of drug-likeness (QED) is 0.188. The Kier molecular flexibility index (Phi) is 12.3. The Balaban J connectivity index is 0.00000541. The number of esters is 1. The van der Waals surface area contributed by atoms with Gasteiger partial charge < -0.3 is 25.0 Å². The van der Waals surface area contributed by atoms with Crippen LogP contribution in [0.3, 0.4) is 0 Å². The lowest BCUT2D eigenvalue weighted by molar-refractivity contribution is -0.159. The molecule has 6 rings (SSSR count). The smallest absolute Gasteiger partial charge is 0.333 e. The minimum atomic E-state index is -1.17. The third kappa shape index (κ3) is 8.43. The number of piperidine rings is 1. The van der Waals surface area contributed by atoms with Crippen LogP contribution in [0.4, 0.5) is 0 Å². The highest BCUT2D eigenvalue weighted by atomic mass is 32.1. The number of para-hydroxylation sites is 1. The molecule has 0 spiro atoms. The van der Waals surface area contributed by atoms with Crippen LogP contribution in [0.25, 0.3) is 0 Å². The summed E-state index contributed by atoms with van der Waals surface area (Å²) >= 11 is 0. The molecule has 0 aromatic heterocycles. The number of rotatable bonds is 9. The normalized spacial score (nSPS) is 19.1. The van der Waals surface area contributed by atoms with Gasteiger partial charge in [-0.2, -0.15) is 13.5 Å². The molecule has 1 aliphatic heterocycles. The van der Waals surface area contributed by atoms with E-state index in [1.54, 1.807) is 58.2 Å². The molecule has 1 saturated heterocycles. The highest BCUT2D eigenvalue weighted by molar-refractivity contribution is 7.59. The summed E-state index contributed by atoms with van der Waals surface area (Å²) in [5, 5.41) is 6.22. The minimum Gasteiger partial charge on any atom is -0.496 e. The summed E-state index contributed by atoms with van der Waals surface area (Å²) in [7, 11) is 1.54. The van der Waals surface area contributed by atoms with E-state index in [4.69, 9.17) is 9.47 Å². The van der Waals surface area contributed by atoms with E-state index < -0.39 is 28.9 Å². The maximum atomic E-state index is 14.9. The number of hydrogen-bond acceptors (Lipinski definition) is 6. The van der Waals surface area contributed by atoms with E-state index in [9.17, 15) is 19.2 Å². The van der Waals surface area contributed by atoms with Crippen molar-refractivity contribution in [2.75, 3.05) is 20.2 Å². The molecule has 53 heavy (non-hydrogen) atoms. The van der Waals surface area contributed by atoms with E-state index >= 15 is 0 Å². The molecule has 0 unspecified atom stereocenters. The molecule has 9 nitrogen and oxygen atoms in total. The third-order valence-corrected chi connectivity index (χ3v) is 10.1. The second-order valence-electron chi connectivity index (χ2n) is 14.6. The van der Waals surface area contributed by atoms with Crippen molar-refractivity contribution in [3.05, 3.63) is 137 Å². The first-order valence-electron chi connectivity index (χ1n) is 18.0. The number of carbonyl (C=O) groups is 4. The van der Waals surface area contributed by atoms with Crippen LogP contribution in [0.1, 0.15) is 91.0 Å². The van der Waals surface area contributed by atoms with Crippen LogP contribution in [0, 0.1) is 0 Å². The number of fused-ring (bicyclic) bond motifs is 1. The Morgan fingerprint density at radius 1 is 0.792 bits per heavy atom. The zero-order valence-electron chi connectivity index (χ0n) is 30.8. The van der Waals surface area contributed by atoms with Crippen molar-refractivity contribution in [3.8, 4) is 5.75 Å². The topological polar surface area (TPSA) is 114 Å². The van der Waals surface area contributed by atoms with Crippen LogP contribution >= 0.6 is 13.5 Å². The minimum absolute atomic E-state index is 0. The van der Waals surface area contributed by atoms with Crippen LogP contribution < -0.4 is 15.4 Å². The molecule has 2 aliphatic rings. The lowest BCUT2D eigenvalue weighted by Crippen LogP contribution is -2.52. The van der Waals surface area contributed by atoms with Crippen LogP contribution in [0.5, 0.6) is 5.75 Å². The van der Waals surface area contributed by atoms with Gasteiger partial charge in [-0.05, 0) is 80.8 Å². The van der Waals surface area contributed by atoms with Crippen molar-refractivity contribution >= 4 is 37.2 Å². The molecular formula is C43H49N3O6S. The molecule has 0 saturated carbocycles. The number of carbonyl (C=O) groups excluding carboxylic acids is 4. The summed E-state index contributed by atoms with van der Waals surface area (Å²) < 4.78 is 11.2. The molecule has 3 amide bonds. The summed E-state index contributed by atoms with van der Waals surface area (Å²) in [6.07, 6.45) is 2.05. The van der Waals surface area contributed by atoms with Gasteiger partial charge in [0.1, 0.15) is 11.4 Å². The van der Waals surface area contributed by atoms with Crippen molar-refractivity contribution in [1.82, 2.24) is 15.5 Å². The average molecular weight is 736 g/mol. The van der Waals surface area contributed by atoms with Gasteiger partial charge in [-0.3, -0.25) is 14.4 Å². The monoisotopic (exact) mass is 735 g/mol. The van der Waals surface area contributed by atoms with Gasteiger partial charge in [0.15, 0.2) is 6.04 Å². The molecule has 1 heterocycles. The Bertz CT molecular complexity index is 1910.